The van der Waals surface area contributed by atoms with Gasteiger partial charge in [-0.2, -0.15) is 0 Å². The van der Waals surface area contributed by atoms with Crippen LogP contribution in [0.1, 0.15) is 22.8 Å². The Hall–Kier alpha value is -2.74. The van der Waals surface area contributed by atoms with Crippen molar-refractivity contribution in [3.8, 4) is 0 Å². The minimum absolute atomic E-state index is 0.161. The van der Waals surface area contributed by atoms with Gasteiger partial charge in [0.05, 0.1) is 42.2 Å². The van der Waals surface area contributed by atoms with Crippen LogP contribution >= 0.6 is 0 Å². The van der Waals surface area contributed by atoms with E-state index in [9.17, 15) is 14.4 Å². The Kier molecular flexibility index (Phi) is 3.42. The first-order chi connectivity index (χ1) is 13.1. The maximum absolute atomic E-state index is 12.7. The second kappa shape index (κ2) is 5.63. The Labute approximate surface area is 155 Å². The van der Waals surface area contributed by atoms with Gasteiger partial charge in [0.1, 0.15) is 6.10 Å². The van der Waals surface area contributed by atoms with E-state index in [2.05, 4.69) is 5.16 Å². The second-order valence-corrected chi connectivity index (χ2v) is 7.18. The van der Waals surface area contributed by atoms with Gasteiger partial charge in [-0.25, -0.2) is 4.79 Å². The predicted octanol–water partition coefficient (Wildman–Crippen LogP) is 0.594. The lowest BCUT2D eigenvalue weighted by Gasteiger charge is -2.26. The zero-order valence-electron chi connectivity index (χ0n) is 14.8. The molecule has 4 aliphatic rings. The summed E-state index contributed by atoms with van der Waals surface area (Å²) in [6.07, 6.45) is -1.23. The summed E-state index contributed by atoms with van der Waals surface area (Å²) in [6, 6.07) is 6.88. The first-order valence-corrected chi connectivity index (χ1v) is 9.00. The molecule has 1 aromatic carbocycles. The number of esters is 1. The van der Waals surface area contributed by atoms with Gasteiger partial charge in [-0.05, 0) is 24.6 Å². The van der Waals surface area contributed by atoms with E-state index in [0.717, 1.165) is 5.56 Å². The van der Waals surface area contributed by atoms with Crippen LogP contribution in [0.3, 0.4) is 0 Å². The molecule has 5 rings (SSSR count). The first-order valence-electron chi connectivity index (χ1n) is 9.00. The summed E-state index contributed by atoms with van der Waals surface area (Å²) < 4.78 is 10.7. The van der Waals surface area contributed by atoms with E-state index in [1.54, 1.807) is 31.2 Å². The van der Waals surface area contributed by atoms with Crippen LogP contribution in [0.4, 0.5) is 0 Å². The Morgan fingerprint density at radius 3 is 2.37 bits per heavy atom. The van der Waals surface area contributed by atoms with Crippen molar-refractivity contribution in [1.82, 2.24) is 4.90 Å². The maximum Gasteiger partial charge on any atom is 0.337 e. The zero-order chi connectivity index (χ0) is 18.9. The van der Waals surface area contributed by atoms with Crippen molar-refractivity contribution in [2.75, 3.05) is 13.7 Å². The van der Waals surface area contributed by atoms with Crippen LogP contribution in [-0.2, 0) is 23.9 Å². The minimum atomic E-state index is -0.472. The lowest BCUT2D eigenvalue weighted by molar-refractivity contribution is -0.142. The van der Waals surface area contributed by atoms with Crippen molar-refractivity contribution in [3.63, 3.8) is 0 Å². The summed E-state index contributed by atoms with van der Waals surface area (Å²) >= 11 is 0. The molecular formula is C19H18N2O6. The van der Waals surface area contributed by atoms with E-state index in [4.69, 9.17) is 14.3 Å². The van der Waals surface area contributed by atoms with Gasteiger partial charge in [0.2, 0.25) is 11.8 Å². The van der Waals surface area contributed by atoms with E-state index in [1.807, 2.05) is 0 Å². The van der Waals surface area contributed by atoms with E-state index in [1.165, 1.54) is 12.0 Å². The fraction of sp³-hybridized carbons (Fsp3) is 0.474. The van der Waals surface area contributed by atoms with Gasteiger partial charge in [-0.15, -0.1) is 0 Å². The fourth-order valence-corrected chi connectivity index (χ4v) is 4.86. The number of carbonyl (C=O) groups is 3. The van der Waals surface area contributed by atoms with Gasteiger partial charge in [-0.3, -0.25) is 14.5 Å². The van der Waals surface area contributed by atoms with Crippen molar-refractivity contribution < 1.29 is 28.7 Å². The predicted molar refractivity (Wildman–Crippen MR) is 90.7 cm³/mol. The number of nitrogens with zero attached hydrogens (tertiary/aromatic N) is 2. The highest BCUT2D eigenvalue weighted by atomic mass is 16.7. The third kappa shape index (κ3) is 2.01. The summed E-state index contributed by atoms with van der Waals surface area (Å²) in [7, 11) is 1.33. The number of amides is 2. The molecule has 2 bridgehead atoms. The van der Waals surface area contributed by atoms with E-state index in [0.29, 0.717) is 17.8 Å². The first kappa shape index (κ1) is 16.4. The highest BCUT2D eigenvalue weighted by Crippen LogP contribution is 2.54. The van der Waals surface area contributed by atoms with Crippen LogP contribution in [0.5, 0.6) is 0 Å². The normalized spacial score (nSPS) is 35.8. The molecule has 2 amide bonds. The van der Waals surface area contributed by atoms with E-state index >= 15 is 0 Å². The number of carbonyl (C=O) groups excluding carboxylic acids is 3. The molecule has 8 nitrogen and oxygen atoms in total. The number of likely N-dealkylation sites (tertiary alicyclic amines) is 1. The highest BCUT2D eigenvalue weighted by molar-refractivity contribution is 6.09. The summed E-state index contributed by atoms with van der Waals surface area (Å²) in [5, 5.41) is 4.23. The Bertz CT molecular complexity index is 879. The molecule has 0 unspecified atom stereocenters. The second-order valence-electron chi connectivity index (χ2n) is 7.18. The number of oxime groups is 1. The van der Waals surface area contributed by atoms with Crippen LogP contribution in [0.2, 0.25) is 0 Å². The molecule has 4 heterocycles. The number of rotatable bonds is 3. The molecule has 6 atom stereocenters. The summed E-state index contributed by atoms with van der Waals surface area (Å²) in [5.74, 6) is -1.88. The molecule has 8 heteroatoms. The summed E-state index contributed by atoms with van der Waals surface area (Å²) in [6.45, 7) is 2.17. The van der Waals surface area contributed by atoms with E-state index < -0.39 is 30.0 Å². The van der Waals surface area contributed by atoms with Crippen LogP contribution in [-0.4, -0.2) is 60.4 Å². The van der Waals surface area contributed by atoms with Gasteiger partial charge in [0, 0.05) is 6.54 Å². The Morgan fingerprint density at radius 1 is 1.07 bits per heavy atom. The molecule has 3 fully saturated rings. The van der Waals surface area contributed by atoms with Gasteiger partial charge < -0.3 is 14.3 Å². The van der Waals surface area contributed by atoms with Crippen molar-refractivity contribution >= 4 is 23.5 Å². The number of ether oxygens (including phenoxy) is 2. The Morgan fingerprint density at radius 2 is 1.74 bits per heavy atom. The molecule has 0 spiro atoms. The third-order valence-electron chi connectivity index (χ3n) is 6.05. The average Bonchev–Trinajstić information content (AvgIpc) is 3.41. The molecule has 3 saturated heterocycles. The molecule has 0 N–H and O–H groups in total. The molecule has 0 saturated carbocycles. The molecule has 0 radical (unpaired) electrons. The lowest BCUT2D eigenvalue weighted by atomic mass is 9.71. The largest absolute Gasteiger partial charge is 0.465 e. The SMILES string of the molecule is CCN1C(=O)[C@@H]2[C@H]3O[C@@H]([C@@H]4C(c5ccc(C(=O)OC)cc5)=NO[C@H]34)[C@H]2C1=O. The number of fused-ring (bicyclic) bond motifs is 8. The fourth-order valence-electron chi connectivity index (χ4n) is 4.86. The van der Waals surface area contributed by atoms with Crippen molar-refractivity contribution in [2.45, 2.75) is 25.2 Å². The topological polar surface area (TPSA) is 94.5 Å². The zero-order valence-corrected chi connectivity index (χ0v) is 14.8. The lowest BCUT2D eigenvalue weighted by Crippen LogP contribution is -2.45. The number of hydrogen-bond acceptors (Lipinski definition) is 7. The standard InChI is InChI=1S/C19H18N2O6/c1-3-21-17(22)10-11(18(21)23)15-16-12(14(10)26-15)13(20-27-16)8-4-6-9(7-5-8)19(24)25-2/h4-7,10-12,14-16H,3H2,1-2H3/t10-,11-,12-,14+,15+,16-/m0/s1. The van der Waals surface area contributed by atoms with Crippen molar-refractivity contribution in [1.29, 1.82) is 0 Å². The van der Waals surface area contributed by atoms with E-state index in [-0.39, 0.29) is 23.8 Å². The summed E-state index contributed by atoms with van der Waals surface area (Å²) in [4.78, 5) is 43.8. The number of methoxy groups -OCH3 is 1. The number of imide groups is 1. The molecular weight excluding hydrogens is 352 g/mol. The quantitative estimate of drug-likeness (QED) is 0.571. The van der Waals surface area contributed by atoms with Crippen LogP contribution in [0.25, 0.3) is 0 Å². The van der Waals surface area contributed by atoms with Crippen molar-refractivity contribution in [2.24, 2.45) is 22.9 Å². The van der Waals surface area contributed by atoms with Crippen LogP contribution < -0.4 is 0 Å². The van der Waals surface area contributed by atoms with Gasteiger partial charge in [0.15, 0.2) is 6.10 Å². The van der Waals surface area contributed by atoms with Gasteiger partial charge in [0.25, 0.3) is 0 Å². The monoisotopic (exact) mass is 370 g/mol. The smallest absolute Gasteiger partial charge is 0.337 e. The molecule has 140 valence electrons. The van der Waals surface area contributed by atoms with Crippen molar-refractivity contribution in [3.05, 3.63) is 35.4 Å². The van der Waals surface area contributed by atoms with Gasteiger partial charge in [-0.1, -0.05) is 17.3 Å². The molecule has 0 aliphatic carbocycles. The molecule has 0 aromatic heterocycles. The molecule has 1 aromatic rings. The Balaban J connectivity index is 1.45. The van der Waals surface area contributed by atoms with Gasteiger partial charge >= 0.3 is 5.97 Å². The highest BCUT2D eigenvalue weighted by Gasteiger charge is 2.71. The van der Waals surface area contributed by atoms with Crippen LogP contribution in [0.15, 0.2) is 29.4 Å². The minimum Gasteiger partial charge on any atom is -0.465 e. The number of hydrogen-bond donors (Lipinski definition) is 0. The maximum atomic E-state index is 12.7. The number of benzene rings is 1. The average molecular weight is 370 g/mol. The van der Waals surface area contributed by atoms with Crippen LogP contribution in [0, 0.1) is 17.8 Å². The molecule has 27 heavy (non-hydrogen) atoms. The summed E-state index contributed by atoms with van der Waals surface area (Å²) in [5.41, 5.74) is 1.93. The third-order valence-corrected chi connectivity index (χ3v) is 6.05. The molecule has 4 aliphatic heterocycles.